The van der Waals surface area contributed by atoms with E-state index in [9.17, 15) is 0 Å². The summed E-state index contributed by atoms with van der Waals surface area (Å²) in [7, 11) is 0. The molecule has 3 nitrogen and oxygen atoms in total. The second-order valence-electron chi connectivity index (χ2n) is 5.88. The lowest BCUT2D eigenvalue weighted by Gasteiger charge is -2.44. The predicted octanol–water partition coefficient (Wildman–Crippen LogP) is 3.15. The Morgan fingerprint density at radius 2 is 1.90 bits per heavy atom. The molecule has 1 aromatic rings. The minimum Gasteiger partial charge on any atom is -0.380 e. The van der Waals surface area contributed by atoms with Gasteiger partial charge in [0.25, 0.3) is 0 Å². The average molecular weight is 276 g/mol. The van der Waals surface area contributed by atoms with Crippen molar-refractivity contribution in [3.05, 3.63) is 35.9 Å². The molecule has 0 saturated heterocycles. The molecule has 1 aromatic carbocycles. The van der Waals surface area contributed by atoms with E-state index >= 15 is 0 Å². The van der Waals surface area contributed by atoms with Crippen molar-refractivity contribution in [1.29, 1.82) is 0 Å². The van der Waals surface area contributed by atoms with E-state index in [4.69, 9.17) is 10.6 Å². The second-order valence-corrected chi connectivity index (χ2v) is 5.88. The predicted molar refractivity (Wildman–Crippen MR) is 83.4 cm³/mol. The third kappa shape index (κ3) is 3.40. The van der Waals surface area contributed by atoms with Crippen LogP contribution in [0.3, 0.4) is 0 Å². The molecule has 1 unspecified atom stereocenters. The van der Waals surface area contributed by atoms with Gasteiger partial charge in [-0.25, -0.2) is 0 Å². The molecule has 0 radical (unpaired) electrons. The third-order valence-corrected chi connectivity index (χ3v) is 4.60. The highest BCUT2D eigenvalue weighted by Gasteiger charge is 2.40. The molecule has 112 valence electrons. The second kappa shape index (κ2) is 7.77. The lowest BCUT2D eigenvalue weighted by molar-refractivity contribution is 0.0706. The monoisotopic (exact) mass is 276 g/mol. The summed E-state index contributed by atoms with van der Waals surface area (Å²) in [6, 6.07) is 11.0. The first-order valence-corrected chi connectivity index (χ1v) is 7.93. The fraction of sp³-hybridized carbons (Fsp3) is 0.647. The van der Waals surface area contributed by atoms with Crippen molar-refractivity contribution in [2.45, 2.75) is 56.9 Å². The lowest BCUT2D eigenvalue weighted by Crippen LogP contribution is -2.54. The van der Waals surface area contributed by atoms with E-state index in [0.717, 1.165) is 13.0 Å². The average Bonchev–Trinajstić information content (AvgIpc) is 2.53. The Labute approximate surface area is 122 Å². The van der Waals surface area contributed by atoms with Gasteiger partial charge in [0.15, 0.2) is 0 Å². The van der Waals surface area contributed by atoms with E-state index in [2.05, 4.69) is 42.7 Å². The van der Waals surface area contributed by atoms with E-state index in [1.54, 1.807) is 0 Å². The zero-order valence-electron chi connectivity index (χ0n) is 12.6. The minimum atomic E-state index is 0.127. The lowest BCUT2D eigenvalue weighted by atomic mass is 9.65. The SMILES string of the molecule is CCCOCC(NN)C1(c2ccccc2)CCCCC1. The summed E-state index contributed by atoms with van der Waals surface area (Å²) in [6.07, 6.45) is 7.34. The van der Waals surface area contributed by atoms with Crippen LogP contribution in [0.25, 0.3) is 0 Å². The highest BCUT2D eigenvalue weighted by molar-refractivity contribution is 5.28. The maximum atomic E-state index is 5.88. The summed E-state index contributed by atoms with van der Waals surface area (Å²) in [5, 5.41) is 0. The first-order chi connectivity index (χ1) is 9.83. The van der Waals surface area contributed by atoms with E-state index in [1.807, 2.05) is 0 Å². The summed E-state index contributed by atoms with van der Waals surface area (Å²) in [4.78, 5) is 0. The smallest absolute Gasteiger partial charge is 0.0641 e. The minimum absolute atomic E-state index is 0.127. The molecule has 0 bridgehead atoms. The maximum Gasteiger partial charge on any atom is 0.0641 e. The zero-order valence-corrected chi connectivity index (χ0v) is 12.6. The van der Waals surface area contributed by atoms with E-state index in [1.165, 1.54) is 37.7 Å². The van der Waals surface area contributed by atoms with Crippen molar-refractivity contribution >= 4 is 0 Å². The first kappa shape index (κ1) is 15.5. The number of hydrazine groups is 1. The van der Waals surface area contributed by atoms with Gasteiger partial charge >= 0.3 is 0 Å². The molecule has 2 rings (SSSR count). The van der Waals surface area contributed by atoms with E-state index in [0.29, 0.717) is 6.61 Å². The van der Waals surface area contributed by atoms with Crippen molar-refractivity contribution in [2.75, 3.05) is 13.2 Å². The Balaban J connectivity index is 2.21. The van der Waals surface area contributed by atoms with Crippen LogP contribution in [-0.2, 0) is 10.2 Å². The Morgan fingerprint density at radius 3 is 2.50 bits per heavy atom. The molecule has 1 aliphatic carbocycles. The number of nitrogens with one attached hydrogen (secondary N) is 1. The van der Waals surface area contributed by atoms with Crippen LogP contribution in [0.15, 0.2) is 30.3 Å². The fourth-order valence-corrected chi connectivity index (χ4v) is 3.50. The molecule has 0 aliphatic heterocycles. The van der Waals surface area contributed by atoms with Gasteiger partial charge in [0.1, 0.15) is 0 Å². The third-order valence-electron chi connectivity index (χ3n) is 4.60. The van der Waals surface area contributed by atoms with Gasteiger partial charge in [-0.3, -0.25) is 11.3 Å². The highest BCUT2D eigenvalue weighted by Crippen LogP contribution is 2.42. The maximum absolute atomic E-state index is 5.88. The molecule has 1 saturated carbocycles. The van der Waals surface area contributed by atoms with Gasteiger partial charge in [0.05, 0.1) is 12.6 Å². The van der Waals surface area contributed by atoms with Gasteiger partial charge in [-0.15, -0.1) is 0 Å². The van der Waals surface area contributed by atoms with Gasteiger partial charge in [0, 0.05) is 12.0 Å². The van der Waals surface area contributed by atoms with Crippen LogP contribution < -0.4 is 11.3 Å². The summed E-state index contributed by atoms with van der Waals surface area (Å²) in [6.45, 7) is 3.64. The topological polar surface area (TPSA) is 47.3 Å². The molecule has 1 aliphatic rings. The van der Waals surface area contributed by atoms with Crippen LogP contribution in [0.1, 0.15) is 51.0 Å². The van der Waals surface area contributed by atoms with Crippen molar-refractivity contribution < 1.29 is 4.74 Å². The number of hydrogen-bond donors (Lipinski definition) is 2. The van der Waals surface area contributed by atoms with Crippen LogP contribution in [0.2, 0.25) is 0 Å². The zero-order chi connectivity index (χ0) is 14.3. The molecule has 20 heavy (non-hydrogen) atoms. The van der Waals surface area contributed by atoms with Gasteiger partial charge < -0.3 is 4.74 Å². The summed E-state index contributed by atoms with van der Waals surface area (Å²) in [5.74, 6) is 5.88. The fourth-order valence-electron chi connectivity index (χ4n) is 3.50. The molecular formula is C17H28N2O. The highest BCUT2D eigenvalue weighted by atomic mass is 16.5. The number of nitrogens with two attached hydrogens (primary N) is 1. The molecule has 0 spiro atoms. The van der Waals surface area contributed by atoms with E-state index < -0.39 is 0 Å². The van der Waals surface area contributed by atoms with Crippen molar-refractivity contribution in [1.82, 2.24) is 5.43 Å². The molecular weight excluding hydrogens is 248 g/mol. The van der Waals surface area contributed by atoms with Crippen molar-refractivity contribution in [2.24, 2.45) is 5.84 Å². The van der Waals surface area contributed by atoms with Crippen molar-refractivity contribution in [3.8, 4) is 0 Å². The van der Waals surface area contributed by atoms with Crippen LogP contribution in [0.5, 0.6) is 0 Å². The number of benzene rings is 1. The van der Waals surface area contributed by atoms with Gasteiger partial charge in [0.2, 0.25) is 0 Å². The largest absolute Gasteiger partial charge is 0.380 e. The molecule has 0 amide bonds. The summed E-state index contributed by atoms with van der Waals surface area (Å²) in [5.41, 5.74) is 4.58. The first-order valence-electron chi connectivity index (χ1n) is 7.93. The normalized spacial score (nSPS) is 19.7. The molecule has 1 fully saturated rings. The van der Waals surface area contributed by atoms with Crippen LogP contribution in [0, 0.1) is 0 Å². The number of hydrogen-bond acceptors (Lipinski definition) is 3. The van der Waals surface area contributed by atoms with Gasteiger partial charge in [-0.05, 0) is 24.8 Å². The standard InChI is InChI=1S/C17H28N2O/c1-2-13-20-14-16(19-18)17(11-7-4-8-12-17)15-9-5-3-6-10-15/h3,5-6,9-10,16,19H,2,4,7-8,11-14,18H2,1H3. The van der Waals surface area contributed by atoms with Crippen LogP contribution in [-0.4, -0.2) is 19.3 Å². The Morgan fingerprint density at radius 1 is 1.20 bits per heavy atom. The molecule has 0 heterocycles. The van der Waals surface area contributed by atoms with Gasteiger partial charge in [-0.2, -0.15) is 0 Å². The quantitative estimate of drug-likeness (QED) is 0.457. The summed E-state index contributed by atoms with van der Waals surface area (Å²) < 4.78 is 5.79. The Kier molecular flexibility index (Phi) is 6.02. The molecule has 3 heteroatoms. The van der Waals surface area contributed by atoms with Crippen LogP contribution in [0.4, 0.5) is 0 Å². The van der Waals surface area contributed by atoms with Gasteiger partial charge in [-0.1, -0.05) is 56.5 Å². The van der Waals surface area contributed by atoms with E-state index in [-0.39, 0.29) is 11.5 Å². The molecule has 3 N–H and O–H groups in total. The molecule has 1 atom stereocenters. The van der Waals surface area contributed by atoms with Crippen LogP contribution >= 0.6 is 0 Å². The summed E-state index contributed by atoms with van der Waals surface area (Å²) >= 11 is 0. The number of ether oxygens (including phenoxy) is 1. The Bertz CT molecular complexity index is 374. The molecule has 0 aromatic heterocycles. The Hall–Kier alpha value is -0.900. The number of rotatable bonds is 7. The van der Waals surface area contributed by atoms with Crippen molar-refractivity contribution in [3.63, 3.8) is 0 Å².